The summed E-state index contributed by atoms with van der Waals surface area (Å²) in [5.74, 6) is -0.924. The number of benzene rings is 2. The SMILES string of the molecule is COC(=O)c1ccc(C(=O)N/N=C/c2csc(-c3ccc(Cl)c(Cl)c3)c2O)cc1. The van der Waals surface area contributed by atoms with Gasteiger partial charge in [-0.3, -0.25) is 4.79 Å². The molecule has 29 heavy (non-hydrogen) atoms. The minimum atomic E-state index is -0.485. The number of carbonyl (C=O) groups is 2. The van der Waals surface area contributed by atoms with Crippen molar-refractivity contribution < 1.29 is 19.4 Å². The van der Waals surface area contributed by atoms with E-state index in [1.807, 2.05) is 0 Å². The fourth-order valence-corrected chi connectivity index (χ4v) is 3.61. The van der Waals surface area contributed by atoms with Crippen molar-refractivity contribution in [3.63, 3.8) is 0 Å². The van der Waals surface area contributed by atoms with Crippen molar-refractivity contribution >= 4 is 52.6 Å². The molecule has 0 saturated heterocycles. The molecule has 3 aromatic rings. The van der Waals surface area contributed by atoms with Gasteiger partial charge in [0.2, 0.25) is 0 Å². The molecular weight excluding hydrogens is 435 g/mol. The van der Waals surface area contributed by atoms with Crippen molar-refractivity contribution in [3.05, 3.63) is 74.6 Å². The lowest BCUT2D eigenvalue weighted by atomic mass is 10.1. The number of esters is 1. The van der Waals surface area contributed by atoms with Gasteiger partial charge in [-0.2, -0.15) is 5.10 Å². The summed E-state index contributed by atoms with van der Waals surface area (Å²) >= 11 is 13.3. The third-order valence-corrected chi connectivity index (χ3v) is 5.69. The number of rotatable bonds is 5. The first-order valence-electron chi connectivity index (χ1n) is 8.18. The normalized spacial score (nSPS) is 10.9. The summed E-state index contributed by atoms with van der Waals surface area (Å²) in [6.45, 7) is 0. The maximum Gasteiger partial charge on any atom is 0.337 e. The molecule has 0 fully saturated rings. The van der Waals surface area contributed by atoms with Crippen molar-refractivity contribution in [2.24, 2.45) is 5.10 Å². The number of amides is 1. The molecular formula is C20H14Cl2N2O4S. The first-order chi connectivity index (χ1) is 13.9. The zero-order chi connectivity index (χ0) is 21.0. The molecule has 0 atom stereocenters. The zero-order valence-corrected chi connectivity index (χ0v) is 17.3. The molecule has 0 aliphatic carbocycles. The summed E-state index contributed by atoms with van der Waals surface area (Å²) in [6.07, 6.45) is 1.34. The second-order valence-electron chi connectivity index (χ2n) is 5.77. The van der Waals surface area contributed by atoms with Crippen LogP contribution >= 0.6 is 34.5 Å². The number of nitrogens with zero attached hydrogens (tertiary/aromatic N) is 1. The minimum absolute atomic E-state index is 0.0221. The highest BCUT2D eigenvalue weighted by atomic mass is 35.5. The summed E-state index contributed by atoms with van der Waals surface area (Å²) < 4.78 is 4.61. The quantitative estimate of drug-likeness (QED) is 0.327. The summed E-state index contributed by atoms with van der Waals surface area (Å²) in [5.41, 5.74) is 4.19. The van der Waals surface area contributed by atoms with Gasteiger partial charge in [-0.15, -0.1) is 11.3 Å². The van der Waals surface area contributed by atoms with Crippen LogP contribution in [0.5, 0.6) is 5.75 Å². The predicted octanol–water partition coefficient (Wildman–Crippen LogP) is 4.98. The van der Waals surface area contributed by atoms with Crippen molar-refractivity contribution in [3.8, 4) is 16.2 Å². The molecule has 0 spiro atoms. The van der Waals surface area contributed by atoms with Crippen LogP contribution in [0.15, 0.2) is 52.9 Å². The molecule has 1 heterocycles. The van der Waals surface area contributed by atoms with Gasteiger partial charge in [0.1, 0.15) is 5.75 Å². The third kappa shape index (κ3) is 4.76. The molecule has 3 rings (SSSR count). The van der Waals surface area contributed by atoms with E-state index in [2.05, 4.69) is 15.3 Å². The molecule has 2 N–H and O–H groups in total. The van der Waals surface area contributed by atoms with Gasteiger partial charge in [0, 0.05) is 16.5 Å². The van der Waals surface area contributed by atoms with Crippen LogP contribution < -0.4 is 5.43 Å². The Kier molecular flexibility index (Phi) is 6.53. The highest BCUT2D eigenvalue weighted by molar-refractivity contribution is 7.14. The Labute approximate surface area is 180 Å². The van der Waals surface area contributed by atoms with Crippen LogP contribution in [0.1, 0.15) is 26.3 Å². The molecule has 0 unspecified atom stereocenters. The van der Waals surface area contributed by atoms with Crippen LogP contribution in [0.25, 0.3) is 10.4 Å². The van der Waals surface area contributed by atoms with Crippen molar-refractivity contribution in [2.45, 2.75) is 0 Å². The summed E-state index contributed by atoms with van der Waals surface area (Å²) in [7, 11) is 1.28. The van der Waals surface area contributed by atoms with E-state index in [9.17, 15) is 14.7 Å². The molecule has 6 nitrogen and oxygen atoms in total. The average molecular weight is 449 g/mol. The molecule has 0 aliphatic heterocycles. The van der Waals surface area contributed by atoms with Gasteiger partial charge >= 0.3 is 5.97 Å². The lowest BCUT2D eigenvalue weighted by Gasteiger charge is -2.02. The lowest BCUT2D eigenvalue weighted by Crippen LogP contribution is -2.17. The number of hydrogen-bond donors (Lipinski definition) is 2. The van der Waals surface area contributed by atoms with E-state index in [4.69, 9.17) is 23.2 Å². The Hall–Kier alpha value is -2.87. The Balaban J connectivity index is 1.69. The molecule has 1 amide bonds. The van der Waals surface area contributed by atoms with E-state index in [-0.39, 0.29) is 5.75 Å². The predicted molar refractivity (Wildman–Crippen MR) is 114 cm³/mol. The number of halogens is 2. The zero-order valence-electron chi connectivity index (χ0n) is 15.0. The number of nitrogens with one attached hydrogen (secondary N) is 1. The first kappa shape index (κ1) is 20.9. The van der Waals surface area contributed by atoms with Gasteiger partial charge in [-0.05, 0) is 42.0 Å². The summed E-state index contributed by atoms with van der Waals surface area (Å²) in [6, 6.07) is 11.0. The number of methoxy groups -OCH3 is 1. The van der Waals surface area contributed by atoms with Crippen molar-refractivity contribution in [1.82, 2.24) is 5.43 Å². The van der Waals surface area contributed by atoms with Crippen LogP contribution in [0.3, 0.4) is 0 Å². The molecule has 0 bridgehead atoms. The van der Waals surface area contributed by atoms with Gasteiger partial charge in [0.25, 0.3) is 5.91 Å². The average Bonchev–Trinajstić information content (AvgIpc) is 3.10. The molecule has 1 aromatic heterocycles. The molecule has 0 aliphatic rings. The van der Waals surface area contributed by atoms with Gasteiger partial charge in [-0.1, -0.05) is 29.3 Å². The highest BCUT2D eigenvalue weighted by Crippen LogP contribution is 2.39. The van der Waals surface area contributed by atoms with E-state index in [1.165, 1.54) is 48.9 Å². The number of ether oxygens (including phenoxy) is 1. The van der Waals surface area contributed by atoms with E-state index >= 15 is 0 Å². The van der Waals surface area contributed by atoms with Crippen LogP contribution in [0, 0.1) is 0 Å². The number of hydrogen-bond acceptors (Lipinski definition) is 6. The van der Waals surface area contributed by atoms with E-state index < -0.39 is 11.9 Å². The van der Waals surface area contributed by atoms with Gasteiger partial charge in [0.15, 0.2) is 0 Å². The van der Waals surface area contributed by atoms with Crippen LogP contribution in [-0.4, -0.2) is 30.3 Å². The van der Waals surface area contributed by atoms with Gasteiger partial charge in [0.05, 0.1) is 33.8 Å². The first-order valence-corrected chi connectivity index (χ1v) is 9.82. The van der Waals surface area contributed by atoms with E-state index in [0.717, 1.165) is 5.56 Å². The number of aromatic hydroxyl groups is 1. The Morgan fingerprint density at radius 3 is 2.45 bits per heavy atom. The van der Waals surface area contributed by atoms with Crippen LogP contribution in [0.4, 0.5) is 0 Å². The van der Waals surface area contributed by atoms with E-state index in [1.54, 1.807) is 23.6 Å². The lowest BCUT2D eigenvalue weighted by molar-refractivity contribution is 0.0600. The van der Waals surface area contributed by atoms with Crippen LogP contribution in [0.2, 0.25) is 10.0 Å². The third-order valence-electron chi connectivity index (χ3n) is 3.91. The monoisotopic (exact) mass is 448 g/mol. The largest absolute Gasteiger partial charge is 0.506 e. The van der Waals surface area contributed by atoms with Gasteiger partial charge in [-0.25, -0.2) is 10.2 Å². The highest BCUT2D eigenvalue weighted by Gasteiger charge is 2.13. The van der Waals surface area contributed by atoms with Gasteiger partial charge < -0.3 is 9.84 Å². The van der Waals surface area contributed by atoms with E-state index in [0.29, 0.717) is 31.6 Å². The molecule has 0 saturated carbocycles. The Morgan fingerprint density at radius 2 is 1.79 bits per heavy atom. The second-order valence-corrected chi connectivity index (χ2v) is 7.46. The Bertz CT molecular complexity index is 1090. The van der Waals surface area contributed by atoms with Crippen molar-refractivity contribution in [1.29, 1.82) is 0 Å². The fraction of sp³-hybridized carbons (Fsp3) is 0.0500. The summed E-state index contributed by atoms with van der Waals surface area (Å²) in [5, 5.41) is 16.8. The van der Waals surface area contributed by atoms with Crippen molar-refractivity contribution in [2.75, 3.05) is 7.11 Å². The molecule has 148 valence electrons. The number of carbonyl (C=O) groups excluding carboxylic acids is 2. The maximum atomic E-state index is 12.1. The molecule has 2 aromatic carbocycles. The topological polar surface area (TPSA) is 88.0 Å². The summed E-state index contributed by atoms with van der Waals surface area (Å²) in [4.78, 5) is 24.2. The van der Waals surface area contributed by atoms with Crippen LogP contribution in [-0.2, 0) is 4.74 Å². The number of thiophene rings is 1. The maximum absolute atomic E-state index is 12.1. The smallest absolute Gasteiger partial charge is 0.337 e. The Morgan fingerprint density at radius 1 is 1.10 bits per heavy atom. The number of hydrazone groups is 1. The second kappa shape index (κ2) is 9.09. The molecule has 9 heteroatoms. The fourth-order valence-electron chi connectivity index (χ4n) is 2.40. The minimum Gasteiger partial charge on any atom is -0.506 e. The standard InChI is InChI=1S/C20H14Cl2N2O4S/c1-28-20(27)12-4-2-11(3-5-12)19(26)24-23-9-14-10-29-18(17(14)25)13-6-7-15(21)16(22)8-13/h2-10,25H,1H3,(H,24,26)/b23-9+. The molecule has 0 radical (unpaired) electrons.